The Morgan fingerprint density at radius 1 is 0.571 bits per heavy atom. The van der Waals surface area contributed by atoms with Gasteiger partial charge in [0.15, 0.2) is 0 Å². The summed E-state index contributed by atoms with van der Waals surface area (Å²) in [7, 11) is 0. The molecule has 0 radical (unpaired) electrons. The van der Waals surface area contributed by atoms with Crippen LogP contribution in [0, 0.1) is 17.0 Å². The molecule has 0 spiro atoms. The van der Waals surface area contributed by atoms with Gasteiger partial charge in [0, 0.05) is 65.4 Å². The maximum atomic E-state index is 12.5. The summed E-state index contributed by atoms with van der Waals surface area (Å²) in [6.07, 6.45) is 7.15. The van der Waals surface area contributed by atoms with Crippen LogP contribution in [-0.4, -0.2) is 27.3 Å². The maximum absolute atomic E-state index is 12.5. The second kappa shape index (κ2) is 24.8. The Hall–Kier alpha value is -2.82. The number of aliphatic imine (C=N–C) groups is 2. The van der Waals surface area contributed by atoms with E-state index in [-0.39, 0.29) is 125 Å². The zero-order valence-corrected chi connectivity index (χ0v) is 38.9. The summed E-state index contributed by atoms with van der Waals surface area (Å²) >= 11 is 0. The molecule has 0 saturated heterocycles. The first-order chi connectivity index (χ1) is 23.8. The summed E-state index contributed by atoms with van der Waals surface area (Å²) in [5, 5.41) is 12.5. The number of benzene rings is 3. The van der Waals surface area contributed by atoms with Crippen LogP contribution in [0.2, 0.25) is 0 Å². The van der Waals surface area contributed by atoms with E-state index in [1.54, 1.807) is 24.5 Å². The van der Waals surface area contributed by atoms with Crippen molar-refractivity contribution < 1.29 is 95.4 Å². The fourth-order valence-electron chi connectivity index (χ4n) is 6.30. The number of nitro benzene ring substituents is 1. The maximum Gasteiger partial charge on any atom is 0.270 e. The number of rotatable bonds is 11. The Morgan fingerprint density at radius 3 is 1.14 bits per heavy atom. The summed E-state index contributed by atoms with van der Waals surface area (Å²) in [5.41, 5.74) is 12.4. The van der Waals surface area contributed by atoms with Crippen LogP contribution in [0.4, 0.5) is 17.1 Å². The molecule has 0 amide bonds. The molecule has 13 heteroatoms. The van der Waals surface area contributed by atoms with Gasteiger partial charge in [-0.15, -0.1) is 0 Å². The third-order valence-corrected chi connectivity index (χ3v) is 9.08. The molecule has 0 aliphatic rings. The van der Waals surface area contributed by atoms with Crippen molar-refractivity contribution in [1.29, 1.82) is 0 Å². The normalized spacial score (nSPS) is 10.7. The van der Waals surface area contributed by atoms with Crippen LogP contribution in [0.5, 0.6) is 0 Å². The van der Waals surface area contributed by atoms with Gasteiger partial charge in [0.2, 0.25) is 0 Å². The van der Waals surface area contributed by atoms with Crippen molar-refractivity contribution in [2.45, 2.75) is 86.0 Å². The Bertz CT molecular complexity index is 1880. The fourth-order valence-corrected chi connectivity index (χ4v) is 6.30. The van der Waals surface area contributed by atoms with Crippen molar-refractivity contribution in [2.75, 3.05) is 0 Å². The van der Waals surface area contributed by atoms with Gasteiger partial charge in [-0.1, -0.05) is 67.5 Å². The second-order valence-corrected chi connectivity index (χ2v) is 14.1. The minimum absolute atomic E-state index is 0. The number of aromatic nitrogens is 2. The first-order valence-corrected chi connectivity index (χ1v) is 17.4. The van der Waals surface area contributed by atoms with E-state index in [1.165, 1.54) is 0 Å². The largest absolute Gasteiger partial charge is 1.00 e. The van der Waals surface area contributed by atoms with E-state index < -0.39 is 0 Å². The predicted molar refractivity (Wildman–Crippen MR) is 208 cm³/mol. The molecule has 5 rings (SSSR count). The van der Waals surface area contributed by atoms with Gasteiger partial charge in [-0.3, -0.25) is 30.1 Å². The number of hydrogen-bond donors (Lipinski definition) is 0. The molecule has 0 aliphatic heterocycles. The monoisotopic (exact) mass is 1020 g/mol. The van der Waals surface area contributed by atoms with Crippen LogP contribution in [0.15, 0.2) is 95.2 Å². The average Bonchev–Trinajstić information content (AvgIpc) is 3.09. The summed E-state index contributed by atoms with van der Waals surface area (Å²) in [5.74, 6) is 0.678. The van der Waals surface area contributed by atoms with E-state index in [0.717, 1.165) is 72.8 Å². The predicted octanol–water partition coefficient (Wildman–Crippen LogP) is 0.0330. The van der Waals surface area contributed by atoms with E-state index in [2.05, 4.69) is 96.5 Å². The third-order valence-electron chi connectivity index (χ3n) is 9.08. The Kier molecular flexibility index (Phi) is 24.5. The number of nitrogens with zero attached hydrogens (tertiary/aromatic N) is 5. The molecule has 308 valence electrons. The van der Waals surface area contributed by atoms with Crippen molar-refractivity contribution in [3.05, 3.63) is 135 Å². The number of pyridine rings is 2. The summed E-state index contributed by atoms with van der Waals surface area (Å²) in [6.45, 7) is 19.4. The van der Waals surface area contributed by atoms with Crippen LogP contribution in [0.3, 0.4) is 0 Å². The van der Waals surface area contributed by atoms with Gasteiger partial charge >= 0.3 is 0 Å². The van der Waals surface area contributed by atoms with E-state index in [4.69, 9.17) is 9.98 Å². The topological polar surface area (TPSA) is 93.6 Å². The molecule has 0 unspecified atom stereocenters. The molecule has 0 aliphatic carbocycles. The molecule has 0 saturated carbocycles. The molecule has 3 aromatic carbocycles. The minimum atomic E-state index is -0.289. The molecule has 0 bridgehead atoms. The van der Waals surface area contributed by atoms with Crippen LogP contribution in [-0.2, 0) is 40.8 Å². The SMILES string of the molecule is Cc1c(-c2cc(C(C)C)c(N=Cc3ccccn3)c(C(C)C)c2)cc([N+](=O)[O-])cc1-c1cc(C(C)C)c(N=Cc2ccccn2)c(C(C)C)c1.[Cl-].[Cl-].[Cl-].[Cl-].[Pd].[Pd]. The van der Waals surface area contributed by atoms with E-state index in [1.807, 2.05) is 48.8 Å². The van der Waals surface area contributed by atoms with Gasteiger partial charge in [-0.05, 0) is 129 Å². The Balaban J connectivity index is 0. The van der Waals surface area contributed by atoms with Crippen LogP contribution < -0.4 is 49.6 Å². The Morgan fingerprint density at radius 2 is 0.893 bits per heavy atom. The molecule has 2 aromatic heterocycles. The second-order valence-electron chi connectivity index (χ2n) is 14.1. The molecule has 0 atom stereocenters. The van der Waals surface area contributed by atoms with Crippen molar-refractivity contribution in [1.82, 2.24) is 9.97 Å². The molecule has 0 N–H and O–H groups in total. The quantitative estimate of drug-likeness (QED) is 0.0810. The van der Waals surface area contributed by atoms with Crippen LogP contribution >= 0.6 is 0 Å². The molecule has 56 heavy (non-hydrogen) atoms. The van der Waals surface area contributed by atoms with Crippen LogP contribution in [0.1, 0.15) is 118 Å². The molecule has 5 aromatic rings. The minimum Gasteiger partial charge on any atom is -1.00 e. The zero-order valence-electron chi connectivity index (χ0n) is 32.7. The van der Waals surface area contributed by atoms with E-state index >= 15 is 0 Å². The first-order valence-electron chi connectivity index (χ1n) is 17.4. The number of halogens is 4. The summed E-state index contributed by atoms with van der Waals surface area (Å²) in [6, 6.07) is 23.6. The van der Waals surface area contributed by atoms with Gasteiger partial charge in [0.1, 0.15) is 0 Å². The fraction of sp³-hybridized carbons (Fsp3) is 0.302. The molecule has 0 fully saturated rings. The van der Waals surface area contributed by atoms with Crippen molar-refractivity contribution in [2.24, 2.45) is 9.98 Å². The molecular formula is C43H47Cl4N5O2Pd2-4. The zero-order chi connectivity index (χ0) is 36.1. The molecule has 7 nitrogen and oxygen atoms in total. The van der Waals surface area contributed by atoms with Crippen molar-refractivity contribution >= 4 is 29.5 Å². The Labute approximate surface area is 384 Å². The molecular weight excluding hydrogens is 973 g/mol. The van der Waals surface area contributed by atoms with Gasteiger partial charge in [0.25, 0.3) is 5.69 Å². The third kappa shape index (κ3) is 13.1. The van der Waals surface area contributed by atoms with Crippen molar-refractivity contribution in [3.63, 3.8) is 0 Å². The summed E-state index contributed by atoms with van der Waals surface area (Å²) in [4.78, 5) is 31.0. The average molecular weight is 1020 g/mol. The van der Waals surface area contributed by atoms with Gasteiger partial charge in [-0.25, -0.2) is 0 Å². The van der Waals surface area contributed by atoms with Crippen LogP contribution in [0.25, 0.3) is 22.3 Å². The van der Waals surface area contributed by atoms with Gasteiger partial charge in [0.05, 0.1) is 40.1 Å². The van der Waals surface area contributed by atoms with Gasteiger partial charge in [-0.2, -0.15) is 0 Å². The number of non-ortho nitro benzene ring substituents is 1. The standard InChI is InChI=1S/C43H47N5O2.4ClH.2Pd/c1-26(2)36-18-31(19-37(27(3)4)42(36)46-24-33-14-10-12-16-44-33)40-22-35(48(49)50)23-41(30(40)9)32-20-38(28(5)6)43(39(21-32)29(7)8)47-25-34-15-11-13-17-45-34;;;;;;/h10-29H,1-9H3;4*1H;;/p-4. The number of hydrogen-bond acceptors (Lipinski definition) is 6. The first kappa shape index (κ1) is 55.3. The molecule has 2 heterocycles. The van der Waals surface area contributed by atoms with E-state index in [0.29, 0.717) is 0 Å². The van der Waals surface area contributed by atoms with Crippen molar-refractivity contribution in [3.8, 4) is 22.3 Å². The smallest absolute Gasteiger partial charge is 0.270 e. The number of nitro groups is 1. The summed E-state index contributed by atoms with van der Waals surface area (Å²) < 4.78 is 0. The van der Waals surface area contributed by atoms with E-state index in [9.17, 15) is 10.1 Å². The van der Waals surface area contributed by atoms with Gasteiger partial charge < -0.3 is 49.6 Å².